The smallest absolute Gasteiger partial charge is 0.237 e. The fourth-order valence-electron chi connectivity index (χ4n) is 2.45. The van der Waals surface area contributed by atoms with Gasteiger partial charge in [-0.2, -0.15) is 0 Å². The Balaban J connectivity index is 1.68. The maximum atomic E-state index is 12.9. The molecule has 2 aliphatic heterocycles. The molecule has 2 heterocycles. The van der Waals surface area contributed by atoms with Gasteiger partial charge in [-0.1, -0.05) is 0 Å². The van der Waals surface area contributed by atoms with Crippen LogP contribution in [0.4, 0.5) is 4.39 Å². The van der Waals surface area contributed by atoms with Gasteiger partial charge in [0.1, 0.15) is 6.17 Å². The molecule has 92 valence electrons. The Kier molecular flexibility index (Phi) is 3.76. The first-order valence-electron chi connectivity index (χ1n) is 5.99. The van der Waals surface area contributed by atoms with Crippen LogP contribution in [0, 0.1) is 5.92 Å². The van der Waals surface area contributed by atoms with E-state index >= 15 is 0 Å². The Morgan fingerprint density at radius 2 is 2.44 bits per heavy atom. The van der Waals surface area contributed by atoms with E-state index in [-0.39, 0.29) is 11.9 Å². The number of carbonyl (C=O) groups is 1. The van der Waals surface area contributed by atoms with Gasteiger partial charge in [0.25, 0.3) is 0 Å². The van der Waals surface area contributed by atoms with Crippen molar-refractivity contribution in [1.29, 1.82) is 0 Å². The summed E-state index contributed by atoms with van der Waals surface area (Å²) < 4.78 is 12.9. The van der Waals surface area contributed by atoms with E-state index in [1.54, 1.807) is 0 Å². The van der Waals surface area contributed by atoms with Crippen LogP contribution in [0.25, 0.3) is 0 Å². The lowest BCUT2D eigenvalue weighted by Crippen LogP contribution is -2.42. The molecule has 2 saturated heterocycles. The van der Waals surface area contributed by atoms with Crippen LogP contribution in [0.1, 0.15) is 12.8 Å². The fourth-order valence-corrected chi connectivity index (χ4v) is 2.45. The molecule has 0 saturated carbocycles. The highest BCUT2D eigenvalue weighted by Gasteiger charge is 2.29. The van der Waals surface area contributed by atoms with Crippen molar-refractivity contribution in [3.8, 4) is 0 Å². The zero-order chi connectivity index (χ0) is 11.5. The summed E-state index contributed by atoms with van der Waals surface area (Å²) in [7, 11) is 2.09. The van der Waals surface area contributed by atoms with E-state index in [0.717, 1.165) is 26.1 Å². The number of likely N-dealkylation sites (tertiary alicyclic amines) is 1. The van der Waals surface area contributed by atoms with Crippen molar-refractivity contribution < 1.29 is 9.18 Å². The van der Waals surface area contributed by atoms with Crippen molar-refractivity contribution in [1.82, 2.24) is 15.5 Å². The molecule has 0 bridgehead atoms. The topological polar surface area (TPSA) is 44.4 Å². The molecule has 16 heavy (non-hydrogen) atoms. The van der Waals surface area contributed by atoms with Gasteiger partial charge in [-0.3, -0.25) is 4.79 Å². The van der Waals surface area contributed by atoms with Crippen molar-refractivity contribution >= 4 is 5.91 Å². The molecule has 5 heteroatoms. The Morgan fingerprint density at radius 1 is 1.62 bits per heavy atom. The zero-order valence-corrected chi connectivity index (χ0v) is 9.71. The number of hydrogen-bond donors (Lipinski definition) is 2. The van der Waals surface area contributed by atoms with Gasteiger partial charge >= 0.3 is 0 Å². The van der Waals surface area contributed by atoms with Crippen molar-refractivity contribution in [2.75, 3.05) is 33.2 Å². The molecule has 1 amide bonds. The van der Waals surface area contributed by atoms with Crippen molar-refractivity contribution in [2.24, 2.45) is 5.92 Å². The summed E-state index contributed by atoms with van der Waals surface area (Å²) in [5, 5.41) is 5.81. The fraction of sp³-hybridized carbons (Fsp3) is 0.909. The number of amides is 1. The molecular weight excluding hydrogens is 209 g/mol. The number of nitrogens with one attached hydrogen (secondary N) is 2. The lowest BCUT2D eigenvalue weighted by atomic mass is 10.1. The molecule has 0 spiro atoms. The number of carbonyl (C=O) groups excluding carboxylic acids is 1. The molecule has 2 N–H and O–H groups in total. The third-order valence-corrected chi connectivity index (χ3v) is 3.45. The third-order valence-electron chi connectivity index (χ3n) is 3.45. The van der Waals surface area contributed by atoms with E-state index in [0.29, 0.717) is 18.9 Å². The Bertz CT molecular complexity index is 262. The van der Waals surface area contributed by atoms with Gasteiger partial charge in [-0.15, -0.1) is 0 Å². The summed E-state index contributed by atoms with van der Waals surface area (Å²) in [5.41, 5.74) is 0. The highest BCUT2D eigenvalue weighted by molar-refractivity contribution is 5.82. The Hall–Kier alpha value is -0.680. The van der Waals surface area contributed by atoms with E-state index in [4.69, 9.17) is 0 Å². The maximum absolute atomic E-state index is 12.9. The Morgan fingerprint density at radius 3 is 3.00 bits per heavy atom. The summed E-state index contributed by atoms with van der Waals surface area (Å²) in [6.07, 6.45) is 0.588. The Labute approximate surface area is 95.6 Å². The highest BCUT2D eigenvalue weighted by Crippen LogP contribution is 2.14. The average Bonchev–Trinajstić information content (AvgIpc) is 2.84. The third kappa shape index (κ3) is 2.92. The second-order valence-electron chi connectivity index (χ2n) is 4.96. The standard InChI is InChI=1S/C11H20FN3O/c1-15-3-2-8(7-15)5-14-11(16)10-4-9(12)6-13-10/h8-10,13H,2-7H2,1H3,(H,14,16)/t8-,9+,10-/m0/s1. The molecule has 0 unspecified atom stereocenters. The lowest BCUT2D eigenvalue weighted by molar-refractivity contribution is -0.123. The highest BCUT2D eigenvalue weighted by atomic mass is 19.1. The van der Waals surface area contributed by atoms with Gasteiger partial charge in [-0.05, 0) is 25.9 Å². The molecule has 2 aliphatic rings. The second-order valence-corrected chi connectivity index (χ2v) is 4.96. The summed E-state index contributed by atoms with van der Waals surface area (Å²) in [6, 6.07) is -0.325. The number of hydrogen-bond acceptors (Lipinski definition) is 3. The summed E-state index contributed by atoms with van der Waals surface area (Å²) in [6.45, 7) is 3.18. The second kappa shape index (κ2) is 5.10. The van der Waals surface area contributed by atoms with Crippen LogP contribution < -0.4 is 10.6 Å². The largest absolute Gasteiger partial charge is 0.354 e. The molecule has 2 rings (SSSR count). The predicted molar refractivity (Wildman–Crippen MR) is 59.9 cm³/mol. The van der Waals surface area contributed by atoms with Crippen molar-refractivity contribution in [3.63, 3.8) is 0 Å². The number of halogens is 1. The van der Waals surface area contributed by atoms with E-state index in [1.165, 1.54) is 0 Å². The predicted octanol–water partition coefficient (Wildman–Crippen LogP) is -0.246. The number of alkyl halides is 1. The van der Waals surface area contributed by atoms with Crippen LogP contribution in [0.5, 0.6) is 0 Å². The van der Waals surface area contributed by atoms with Crippen LogP contribution in [-0.4, -0.2) is 56.2 Å². The van der Waals surface area contributed by atoms with Crippen molar-refractivity contribution in [2.45, 2.75) is 25.1 Å². The molecule has 0 aliphatic carbocycles. The van der Waals surface area contributed by atoms with Crippen LogP contribution in [0.2, 0.25) is 0 Å². The van der Waals surface area contributed by atoms with Crippen LogP contribution in [0.15, 0.2) is 0 Å². The van der Waals surface area contributed by atoms with E-state index in [2.05, 4.69) is 22.6 Å². The van der Waals surface area contributed by atoms with Gasteiger partial charge in [0.05, 0.1) is 6.04 Å². The summed E-state index contributed by atoms with van der Waals surface area (Å²) in [5.74, 6) is 0.506. The van der Waals surface area contributed by atoms with E-state index < -0.39 is 6.17 Å². The first kappa shape index (κ1) is 11.8. The molecule has 0 aromatic carbocycles. The molecule has 0 aromatic heterocycles. The molecule has 3 atom stereocenters. The maximum Gasteiger partial charge on any atom is 0.237 e. The van der Waals surface area contributed by atoms with Crippen molar-refractivity contribution in [3.05, 3.63) is 0 Å². The zero-order valence-electron chi connectivity index (χ0n) is 9.71. The minimum Gasteiger partial charge on any atom is -0.354 e. The quantitative estimate of drug-likeness (QED) is 0.702. The monoisotopic (exact) mass is 229 g/mol. The molecule has 2 fully saturated rings. The molecule has 0 radical (unpaired) electrons. The number of rotatable bonds is 3. The molecular formula is C11H20FN3O. The first-order valence-corrected chi connectivity index (χ1v) is 5.99. The van der Waals surface area contributed by atoms with Gasteiger partial charge in [0.15, 0.2) is 0 Å². The molecule has 4 nitrogen and oxygen atoms in total. The molecule has 0 aromatic rings. The lowest BCUT2D eigenvalue weighted by Gasteiger charge is -2.14. The van der Waals surface area contributed by atoms with Gasteiger partial charge in [0.2, 0.25) is 5.91 Å². The van der Waals surface area contributed by atoms with Gasteiger partial charge in [0, 0.05) is 26.1 Å². The number of nitrogens with zero attached hydrogens (tertiary/aromatic N) is 1. The van der Waals surface area contributed by atoms with Crippen LogP contribution in [-0.2, 0) is 4.79 Å². The van der Waals surface area contributed by atoms with E-state index in [9.17, 15) is 9.18 Å². The normalized spacial score (nSPS) is 35.5. The minimum absolute atomic E-state index is 0.0466. The first-order chi connectivity index (χ1) is 7.65. The van der Waals surface area contributed by atoms with Gasteiger partial charge < -0.3 is 15.5 Å². The van der Waals surface area contributed by atoms with E-state index in [1.807, 2.05) is 0 Å². The summed E-state index contributed by atoms with van der Waals surface area (Å²) in [4.78, 5) is 13.9. The van der Waals surface area contributed by atoms with Crippen LogP contribution in [0.3, 0.4) is 0 Å². The minimum atomic E-state index is -0.867. The summed E-state index contributed by atoms with van der Waals surface area (Å²) >= 11 is 0. The van der Waals surface area contributed by atoms with Gasteiger partial charge in [-0.25, -0.2) is 4.39 Å². The van der Waals surface area contributed by atoms with Crippen LogP contribution >= 0.6 is 0 Å². The SMILES string of the molecule is CN1CC[C@@H](CNC(=O)[C@@H]2C[C@@H](F)CN2)C1. The average molecular weight is 229 g/mol.